The number of rotatable bonds is 7. The minimum atomic E-state index is -0.151. The summed E-state index contributed by atoms with van der Waals surface area (Å²) in [5, 5.41) is 11.2. The Kier molecular flexibility index (Phi) is 7.38. The normalized spacial score (nSPS) is 17.6. The maximum Gasteiger partial charge on any atom is 0.264 e. The van der Waals surface area contributed by atoms with Crippen molar-refractivity contribution in [1.82, 2.24) is 20.5 Å². The van der Waals surface area contributed by atoms with Crippen molar-refractivity contribution in [2.75, 3.05) is 25.0 Å². The van der Waals surface area contributed by atoms with Crippen LogP contribution in [-0.4, -0.2) is 53.3 Å². The maximum atomic E-state index is 12.9. The molecule has 0 saturated carbocycles. The Morgan fingerprint density at radius 1 is 1.19 bits per heavy atom. The molecule has 3 N–H and O–H groups in total. The smallest absolute Gasteiger partial charge is 0.264 e. The number of benzene rings is 1. The molecule has 4 heterocycles. The first-order chi connectivity index (χ1) is 17.4. The molecule has 36 heavy (non-hydrogen) atoms. The largest absolute Gasteiger partial charge is 0.352 e. The molecule has 2 saturated heterocycles. The van der Waals surface area contributed by atoms with Crippen LogP contribution in [-0.2, 0) is 16.1 Å². The summed E-state index contributed by atoms with van der Waals surface area (Å²) in [5.74, 6) is 0.0429. The number of carbonyl (C=O) groups is 3. The summed E-state index contributed by atoms with van der Waals surface area (Å²) in [6.45, 7) is 4.01. The molecule has 1 aromatic carbocycles. The van der Waals surface area contributed by atoms with E-state index in [-0.39, 0.29) is 29.7 Å². The van der Waals surface area contributed by atoms with Crippen LogP contribution in [0.3, 0.4) is 0 Å². The molecule has 0 unspecified atom stereocenters. The second-order valence-corrected chi connectivity index (χ2v) is 11.5. The van der Waals surface area contributed by atoms with E-state index in [1.54, 1.807) is 23.5 Å². The molecule has 2 aromatic heterocycles. The average molecular weight is 544 g/mol. The van der Waals surface area contributed by atoms with Crippen LogP contribution >= 0.6 is 34.3 Å². The number of nitrogens with zero attached hydrogens (tertiary/aromatic N) is 2. The van der Waals surface area contributed by atoms with Crippen molar-refractivity contribution in [3.63, 3.8) is 0 Å². The molecule has 188 valence electrons. The van der Waals surface area contributed by atoms with Crippen LogP contribution in [0.2, 0.25) is 5.02 Å². The number of thiazole rings is 1. The molecule has 2 aliphatic heterocycles. The molecule has 0 bridgehead atoms. The number of carbonyl (C=O) groups excluding carboxylic acids is 3. The molecular weight excluding hydrogens is 518 g/mol. The summed E-state index contributed by atoms with van der Waals surface area (Å²) in [6.07, 6.45) is 3.67. The highest BCUT2D eigenvalue weighted by molar-refractivity contribution is 7.18. The van der Waals surface area contributed by atoms with Crippen LogP contribution < -0.4 is 16.0 Å². The van der Waals surface area contributed by atoms with Gasteiger partial charge in [-0.25, -0.2) is 4.98 Å². The standard InChI is InChI=1S/C25H26ClN5O3S2/c1-14(32)28-10-15-4-5-17(18(26)9-15)21-11-29-24(36-21)16-12-31(13-16)25(34)20-6-7-22(35-20)30-23(33)19-3-2-8-27-19/h4-7,9,11,16,19,27H,2-3,8,10,12-13H2,1H3,(H,28,32)(H,30,33)/t19-/m0/s1. The Morgan fingerprint density at radius 3 is 2.75 bits per heavy atom. The second-order valence-electron chi connectivity index (χ2n) is 9.00. The molecule has 0 aliphatic carbocycles. The van der Waals surface area contributed by atoms with E-state index in [0.717, 1.165) is 40.4 Å². The maximum absolute atomic E-state index is 12.9. The Morgan fingerprint density at radius 2 is 2.03 bits per heavy atom. The van der Waals surface area contributed by atoms with E-state index in [1.165, 1.54) is 18.3 Å². The number of hydrogen-bond donors (Lipinski definition) is 3. The molecule has 3 amide bonds. The van der Waals surface area contributed by atoms with Crippen LogP contribution in [0.4, 0.5) is 5.00 Å². The third-order valence-corrected chi connectivity index (χ3v) is 8.82. The SMILES string of the molecule is CC(=O)NCc1ccc(-c2cnc(C3CN(C(=O)c4ccc(NC(=O)[C@@H]5CCCN5)s4)C3)s2)c(Cl)c1. The average Bonchev–Trinajstić information content (AvgIpc) is 3.59. The molecule has 11 heteroatoms. The number of halogens is 1. The Hall–Kier alpha value is -2.79. The van der Waals surface area contributed by atoms with Gasteiger partial charge in [-0.3, -0.25) is 14.4 Å². The van der Waals surface area contributed by atoms with Crippen molar-refractivity contribution < 1.29 is 14.4 Å². The van der Waals surface area contributed by atoms with Gasteiger partial charge in [0.05, 0.1) is 25.8 Å². The summed E-state index contributed by atoms with van der Waals surface area (Å²) in [7, 11) is 0. The van der Waals surface area contributed by atoms with E-state index in [1.807, 2.05) is 29.3 Å². The zero-order valence-corrected chi connectivity index (χ0v) is 22.1. The molecule has 3 aromatic rings. The van der Waals surface area contributed by atoms with Crippen LogP contribution in [0, 0.1) is 0 Å². The van der Waals surface area contributed by atoms with Crippen molar-refractivity contribution in [3.8, 4) is 10.4 Å². The van der Waals surface area contributed by atoms with Gasteiger partial charge < -0.3 is 20.9 Å². The number of nitrogens with one attached hydrogen (secondary N) is 3. The van der Waals surface area contributed by atoms with E-state index in [9.17, 15) is 14.4 Å². The number of amides is 3. The predicted octanol–water partition coefficient (Wildman–Crippen LogP) is 4.09. The quantitative estimate of drug-likeness (QED) is 0.416. The fourth-order valence-electron chi connectivity index (χ4n) is 4.29. The van der Waals surface area contributed by atoms with Gasteiger partial charge in [-0.1, -0.05) is 23.7 Å². The molecule has 2 aliphatic rings. The summed E-state index contributed by atoms with van der Waals surface area (Å²) >= 11 is 9.40. The molecule has 1 atom stereocenters. The van der Waals surface area contributed by atoms with Crippen LogP contribution in [0.15, 0.2) is 36.5 Å². The second kappa shape index (κ2) is 10.7. The number of hydrogen-bond acceptors (Lipinski definition) is 7. The lowest BCUT2D eigenvalue weighted by Gasteiger charge is -2.37. The van der Waals surface area contributed by atoms with Gasteiger partial charge in [-0.15, -0.1) is 22.7 Å². The van der Waals surface area contributed by atoms with E-state index in [4.69, 9.17) is 11.6 Å². The minimum Gasteiger partial charge on any atom is -0.352 e. The summed E-state index contributed by atoms with van der Waals surface area (Å²) in [6, 6.07) is 9.17. The van der Waals surface area contributed by atoms with Gasteiger partial charge >= 0.3 is 0 Å². The number of aromatic nitrogens is 1. The summed E-state index contributed by atoms with van der Waals surface area (Å²) in [4.78, 5) is 44.3. The van der Waals surface area contributed by atoms with Crippen LogP contribution in [0.1, 0.15) is 45.9 Å². The lowest BCUT2D eigenvalue weighted by Crippen LogP contribution is -2.48. The van der Waals surface area contributed by atoms with Crippen LogP contribution in [0.5, 0.6) is 0 Å². The molecule has 0 spiro atoms. The van der Waals surface area contributed by atoms with Gasteiger partial charge in [0.1, 0.15) is 0 Å². The minimum absolute atomic E-state index is 0.0228. The van der Waals surface area contributed by atoms with Gasteiger partial charge in [0.15, 0.2) is 0 Å². The number of likely N-dealkylation sites (tertiary alicyclic amines) is 1. The fourth-order valence-corrected chi connectivity index (χ4v) is 6.57. The molecule has 0 radical (unpaired) electrons. The van der Waals surface area contributed by atoms with Crippen molar-refractivity contribution in [3.05, 3.63) is 57.0 Å². The van der Waals surface area contributed by atoms with Gasteiger partial charge in [-0.2, -0.15) is 0 Å². The topological polar surface area (TPSA) is 103 Å². The highest BCUT2D eigenvalue weighted by Crippen LogP contribution is 2.38. The Balaban J connectivity index is 1.16. The molecule has 8 nitrogen and oxygen atoms in total. The Labute approximate surface area is 222 Å². The highest BCUT2D eigenvalue weighted by Gasteiger charge is 2.35. The third-order valence-electron chi connectivity index (χ3n) is 6.32. The third kappa shape index (κ3) is 5.46. The first kappa shape index (κ1) is 24.9. The van der Waals surface area contributed by atoms with Crippen molar-refractivity contribution >= 4 is 57.0 Å². The Bertz CT molecular complexity index is 1290. The van der Waals surface area contributed by atoms with Crippen molar-refractivity contribution in [2.24, 2.45) is 0 Å². The molecular formula is C25H26ClN5O3S2. The summed E-state index contributed by atoms with van der Waals surface area (Å²) < 4.78 is 0. The molecule has 5 rings (SSSR count). The van der Waals surface area contributed by atoms with Gasteiger partial charge in [-0.05, 0) is 43.1 Å². The number of anilines is 1. The van der Waals surface area contributed by atoms with E-state index >= 15 is 0 Å². The predicted molar refractivity (Wildman–Crippen MR) is 143 cm³/mol. The van der Waals surface area contributed by atoms with Crippen molar-refractivity contribution in [1.29, 1.82) is 0 Å². The monoisotopic (exact) mass is 543 g/mol. The highest BCUT2D eigenvalue weighted by atomic mass is 35.5. The first-order valence-corrected chi connectivity index (χ1v) is 13.8. The first-order valence-electron chi connectivity index (χ1n) is 11.8. The zero-order chi connectivity index (χ0) is 25.2. The van der Waals surface area contributed by atoms with E-state index < -0.39 is 0 Å². The lowest BCUT2D eigenvalue weighted by molar-refractivity contribution is -0.119. The van der Waals surface area contributed by atoms with E-state index in [2.05, 4.69) is 20.9 Å². The fraction of sp³-hybridized carbons (Fsp3) is 0.360. The van der Waals surface area contributed by atoms with E-state index in [0.29, 0.717) is 34.5 Å². The van der Waals surface area contributed by atoms with Crippen LogP contribution in [0.25, 0.3) is 10.4 Å². The van der Waals surface area contributed by atoms with Crippen molar-refractivity contribution in [2.45, 2.75) is 38.3 Å². The molecule has 2 fully saturated rings. The summed E-state index contributed by atoms with van der Waals surface area (Å²) in [5.41, 5.74) is 1.84. The van der Waals surface area contributed by atoms with Gasteiger partial charge in [0, 0.05) is 49.3 Å². The lowest BCUT2D eigenvalue weighted by atomic mass is 10.0. The van der Waals surface area contributed by atoms with Gasteiger partial charge in [0.2, 0.25) is 11.8 Å². The van der Waals surface area contributed by atoms with Gasteiger partial charge in [0.25, 0.3) is 5.91 Å². The number of thiophene rings is 1. The zero-order valence-electron chi connectivity index (χ0n) is 19.7.